The van der Waals surface area contributed by atoms with E-state index in [1.54, 1.807) is 0 Å². The van der Waals surface area contributed by atoms with E-state index in [4.69, 9.17) is 16.9 Å². The lowest BCUT2D eigenvalue weighted by Gasteiger charge is -2.26. The van der Waals surface area contributed by atoms with E-state index in [-0.39, 0.29) is 5.84 Å². The number of nitrogens with two attached hydrogens (primary N) is 2. The molecule has 0 amide bonds. The van der Waals surface area contributed by atoms with Gasteiger partial charge in [0.15, 0.2) is 0 Å². The molecule has 10 rings (SSSR count). The Morgan fingerprint density at radius 2 is 1.10 bits per heavy atom. The highest BCUT2D eigenvalue weighted by atomic mass is 15.2. The van der Waals surface area contributed by atoms with Crippen LogP contribution in [0.1, 0.15) is 22.3 Å². The molecule has 0 aliphatic heterocycles. The number of aryl methyl sites for hydroxylation is 1. The predicted molar refractivity (Wildman–Crippen MR) is 263 cm³/mol. The Hall–Kier alpha value is -8.16. The largest absolute Gasteiger partial charge is 0.384 e. The number of para-hydroxylation sites is 3. The summed E-state index contributed by atoms with van der Waals surface area (Å²) in [4.78, 5) is 6.08. The van der Waals surface area contributed by atoms with Crippen molar-refractivity contribution in [1.29, 1.82) is 5.41 Å². The van der Waals surface area contributed by atoms with Gasteiger partial charge in [-0.2, -0.15) is 0 Å². The molecule has 0 saturated heterocycles. The summed E-state index contributed by atoms with van der Waals surface area (Å²) in [6.07, 6.45) is 0. The number of hydrogen-bond acceptors (Lipinski definition) is 4. The van der Waals surface area contributed by atoms with Crippen LogP contribution in [-0.4, -0.2) is 21.7 Å². The molecule has 8 aromatic carbocycles. The highest BCUT2D eigenvalue weighted by molar-refractivity contribution is 6.17. The lowest BCUT2D eigenvalue weighted by Crippen LogP contribution is -2.18. The van der Waals surface area contributed by atoms with E-state index in [1.807, 2.05) is 97.1 Å². The number of aliphatic imine (C=N–C) groups is 1. The number of nitrogens with one attached hydrogen (secondary N) is 1. The van der Waals surface area contributed by atoms with Gasteiger partial charge >= 0.3 is 0 Å². The molecule has 0 atom stereocenters. The van der Waals surface area contributed by atoms with Crippen molar-refractivity contribution in [1.82, 2.24) is 9.13 Å². The molecule has 7 nitrogen and oxygen atoms in total. The Morgan fingerprint density at radius 1 is 0.548 bits per heavy atom. The highest BCUT2D eigenvalue weighted by Crippen LogP contribution is 2.45. The smallest absolute Gasteiger partial charge is 0.133 e. The van der Waals surface area contributed by atoms with Crippen LogP contribution in [0.2, 0.25) is 0 Å². The zero-order valence-corrected chi connectivity index (χ0v) is 34.8. The molecule has 0 radical (unpaired) electrons. The van der Waals surface area contributed by atoms with Crippen LogP contribution in [0.25, 0.3) is 44.1 Å². The van der Waals surface area contributed by atoms with Crippen LogP contribution in [-0.2, 0) is 13.1 Å². The van der Waals surface area contributed by atoms with Crippen LogP contribution in [0.15, 0.2) is 217 Å². The minimum atomic E-state index is 0.0415. The van der Waals surface area contributed by atoms with E-state index in [9.17, 15) is 0 Å². The van der Waals surface area contributed by atoms with Crippen molar-refractivity contribution in [3.8, 4) is 11.4 Å². The van der Waals surface area contributed by atoms with Gasteiger partial charge in [0.05, 0.1) is 28.8 Å². The molecule has 2 heterocycles. The lowest BCUT2D eigenvalue weighted by atomic mass is 10.1. The molecular weight excluding hydrogens is 759 g/mol. The summed E-state index contributed by atoms with van der Waals surface area (Å²) in [7, 11) is 0. The second-order valence-corrected chi connectivity index (χ2v) is 15.0. The first-order chi connectivity index (χ1) is 30.4. The van der Waals surface area contributed by atoms with Crippen LogP contribution in [0.3, 0.4) is 0 Å². The fourth-order valence-corrected chi connectivity index (χ4v) is 7.90. The van der Waals surface area contributed by atoms with E-state index >= 15 is 0 Å². The maximum absolute atomic E-state index is 8.08. The van der Waals surface area contributed by atoms with Crippen LogP contribution in [0.4, 0.5) is 17.2 Å². The lowest BCUT2D eigenvalue weighted by molar-refractivity contribution is 0.977. The molecule has 304 valence electrons. The zero-order chi connectivity index (χ0) is 42.8. The van der Waals surface area contributed by atoms with Gasteiger partial charge < -0.3 is 20.9 Å². The number of anilines is 3. The van der Waals surface area contributed by atoms with Crippen molar-refractivity contribution < 1.29 is 0 Å². The van der Waals surface area contributed by atoms with Gasteiger partial charge in [0.1, 0.15) is 11.7 Å². The van der Waals surface area contributed by atoms with Gasteiger partial charge in [-0.1, -0.05) is 163 Å². The molecule has 10 aromatic rings. The minimum absolute atomic E-state index is 0.0415. The van der Waals surface area contributed by atoms with Gasteiger partial charge in [-0.05, 0) is 79.4 Å². The Balaban J connectivity index is 0.000000277. The number of fused-ring (bicyclic) bond motifs is 4. The fourth-order valence-electron chi connectivity index (χ4n) is 7.90. The van der Waals surface area contributed by atoms with E-state index in [0.717, 1.165) is 62.0 Å². The monoisotopic (exact) mass is 807 g/mol. The normalized spacial score (nSPS) is 10.7. The molecule has 7 heteroatoms. The van der Waals surface area contributed by atoms with Crippen LogP contribution in [0.5, 0.6) is 0 Å². The zero-order valence-electron chi connectivity index (χ0n) is 34.8. The Morgan fingerprint density at radius 3 is 1.71 bits per heavy atom. The number of benzene rings is 8. The van der Waals surface area contributed by atoms with Gasteiger partial charge in [0.2, 0.25) is 0 Å². The molecule has 2 aromatic heterocycles. The average molecular weight is 808 g/mol. The molecule has 0 bridgehead atoms. The summed E-state index contributed by atoms with van der Waals surface area (Å²) in [5.74, 6) is 0.711. The summed E-state index contributed by atoms with van der Waals surface area (Å²) in [5.41, 5.74) is 24.7. The summed E-state index contributed by atoms with van der Waals surface area (Å²) >= 11 is 0. The van der Waals surface area contributed by atoms with E-state index < -0.39 is 0 Å². The molecular formula is C55H49N7. The van der Waals surface area contributed by atoms with Gasteiger partial charge in [0, 0.05) is 45.3 Å². The predicted octanol–water partition coefficient (Wildman–Crippen LogP) is 12.8. The van der Waals surface area contributed by atoms with Crippen LogP contribution < -0.4 is 16.4 Å². The number of amidine groups is 1. The molecule has 0 fully saturated rings. The molecule has 0 unspecified atom stereocenters. The fraction of sp³-hybridized carbons (Fsp3) is 0.0545. The molecule has 0 aliphatic carbocycles. The van der Waals surface area contributed by atoms with Crippen molar-refractivity contribution in [3.63, 3.8) is 0 Å². The molecule has 0 saturated carbocycles. The van der Waals surface area contributed by atoms with Crippen molar-refractivity contribution in [2.75, 3.05) is 10.6 Å². The topological polar surface area (TPSA) is 101 Å². The molecule has 5 N–H and O–H groups in total. The number of nitrogen functional groups attached to an aromatic ring is 2. The molecule has 0 spiro atoms. The third kappa shape index (κ3) is 8.74. The third-order valence-corrected chi connectivity index (χ3v) is 10.8. The number of hydrogen-bond donors (Lipinski definition) is 3. The second kappa shape index (κ2) is 18.8. The van der Waals surface area contributed by atoms with Crippen molar-refractivity contribution in [2.45, 2.75) is 20.0 Å². The SMILES string of the molecule is C=NCc1ccccc1.Cc1ccccc1.N=C(N)c1cccc(-n2c3ccccc3c3cc4c(N(Cc5ccccc5)c5ccccc5)c(N)n(-c5ccccc5)c4cc32)c1. The first-order valence-electron chi connectivity index (χ1n) is 20.6. The van der Waals surface area contributed by atoms with Crippen LogP contribution in [0, 0.1) is 12.3 Å². The number of rotatable bonds is 9. The van der Waals surface area contributed by atoms with Crippen molar-refractivity contribution >= 4 is 62.5 Å². The maximum atomic E-state index is 8.08. The first-order valence-corrected chi connectivity index (χ1v) is 20.6. The van der Waals surface area contributed by atoms with Crippen LogP contribution >= 0.6 is 0 Å². The van der Waals surface area contributed by atoms with Gasteiger partial charge in [-0.3, -0.25) is 15.0 Å². The second-order valence-electron chi connectivity index (χ2n) is 15.0. The molecule has 62 heavy (non-hydrogen) atoms. The Bertz CT molecular complexity index is 3070. The third-order valence-electron chi connectivity index (χ3n) is 10.8. The summed E-state index contributed by atoms with van der Waals surface area (Å²) in [5, 5.41) is 11.4. The minimum Gasteiger partial charge on any atom is -0.384 e. The van der Waals surface area contributed by atoms with E-state index in [2.05, 4.69) is 148 Å². The van der Waals surface area contributed by atoms with E-state index in [1.165, 1.54) is 16.7 Å². The summed E-state index contributed by atoms with van der Waals surface area (Å²) in [6.45, 7) is 6.87. The Labute approximate surface area is 363 Å². The maximum Gasteiger partial charge on any atom is 0.133 e. The van der Waals surface area contributed by atoms with Crippen molar-refractivity contribution in [3.05, 3.63) is 235 Å². The highest BCUT2D eigenvalue weighted by Gasteiger charge is 2.25. The van der Waals surface area contributed by atoms with Gasteiger partial charge in [-0.15, -0.1) is 0 Å². The summed E-state index contributed by atoms with van der Waals surface area (Å²) < 4.78 is 4.42. The number of nitrogens with zero attached hydrogens (tertiary/aromatic N) is 4. The molecule has 0 aliphatic rings. The Kier molecular flexibility index (Phi) is 12.3. The standard InChI is InChI=1S/C40H32N6.C8H9N.C7H8/c41-39(42)28-15-12-20-31(23-28)45-35-22-11-10-21-32(35)33-24-34-37(25-36(33)45)46(30-18-8-3-9-19-30)40(43)38(34)44(29-16-6-2-7-17-29)26-27-13-4-1-5-14-27;1-9-7-8-5-3-2-4-6-8;1-7-5-3-2-4-6-7/h1-25H,26,43H2,(H3,41,42);2-6H,1,7H2;2-6H,1H3. The quantitative estimate of drug-likeness (QED) is 0.1000. The van der Waals surface area contributed by atoms with Gasteiger partial charge in [-0.25, -0.2) is 0 Å². The van der Waals surface area contributed by atoms with Crippen molar-refractivity contribution in [2.24, 2.45) is 10.7 Å². The summed E-state index contributed by atoms with van der Waals surface area (Å²) in [6, 6.07) is 72.5. The van der Waals surface area contributed by atoms with Gasteiger partial charge in [0.25, 0.3) is 0 Å². The average Bonchev–Trinajstić information content (AvgIpc) is 3.79. The number of aromatic nitrogens is 2. The first kappa shape index (κ1) is 40.6. The van der Waals surface area contributed by atoms with E-state index in [0.29, 0.717) is 17.9 Å².